The van der Waals surface area contributed by atoms with Gasteiger partial charge >= 0.3 is 0 Å². The van der Waals surface area contributed by atoms with Crippen molar-refractivity contribution < 1.29 is 0 Å². The average Bonchev–Trinajstić information content (AvgIpc) is 2.91. The topological polar surface area (TPSA) is 31.4 Å². The zero-order chi connectivity index (χ0) is 15.2. The third-order valence-corrected chi connectivity index (χ3v) is 5.29. The van der Waals surface area contributed by atoms with Crippen molar-refractivity contribution in [1.29, 1.82) is 0 Å². The third kappa shape index (κ3) is 4.41. The fraction of sp³-hybridized carbons (Fsp3) is 0.812. The first-order valence-electron chi connectivity index (χ1n) is 8.34. The predicted octanol–water partition coefficient (Wildman–Crippen LogP) is 2.74. The second-order valence-corrected chi connectivity index (χ2v) is 7.08. The van der Waals surface area contributed by atoms with Crippen LogP contribution in [0.4, 0.5) is 5.13 Å². The second kappa shape index (κ2) is 8.11. The van der Waals surface area contributed by atoms with Crippen molar-refractivity contribution in [3.8, 4) is 0 Å². The zero-order valence-electron chi connectivity index (χ0n) is 14.0. The molecule has 1 aromatic heterocycles. The van der Waals surface area contributed by atoms with Crippen molar-refractivity contribution in [2.45, 2.75) is 53.1 Å². The zero-order valence-corrected chi connectivity index (χ0v) is 14.8. The van der Waals surface area contributed by atoms with Gasteiger partial charge in [-0.1, -0.05) is 13.8 Å². The summed E-state index contributed by atoms with van der Waals surface area (Å²) in [6, 6.07) is 0.656. The van der Waals surface area contributed by atoms with Crippen LogP contribution in [0, 0.1) is 0 Å². The number of aromatic nitrogens is 1. The first-order chi connectivity index (χ1) is 10.2. The Kier molecular flexibility index (Phi) is 6.45. The number of hydrogen-bond acceptors (Lipinski definition) is 5. The molecule has 0 atom stereocenters. The number of nitrogens with zero attached hydrogens (tertiary/aromatic N) is 3. The van der Waals surface area contributed by atoms with E-state index in [9.17, 15) is 0 Å². The molecule has 1 aliphatic rings. The van der Waals surface area contributed by atoms with Gasteiger partial charge in [-0.05, 0) is 33.2 Å². The molecule has 1 aliphatic heterocycles. The molecule has 1 saturated heterocycles. The quantitative estimate of drug-likeness (QED) is 0.785. The summed E-state index contributed by atoms with van der Waals surface area (Å²) in [6.07, 6.45) is 2.22. The van der Waals surface area contributed by atoms with Crippen molar-refractivity contribution in [3.63, 3.8) is 0 Å². The van der Waals surface area contributed by atoms with Crippen LogP contribution in [0.2, 0.25) is 0 Å². The smallest absolute Gasteiger partial charge is 0.185 e. The Morgan fingerprint density at radius 2 is 1.90 bits per heavy atom. The second-order valence-electron chi connectivity index (χ2n) is 6.01. The Balaban J connectivity index is 1.97. The number of aryl methyl sites for hydroxylation is 1. The van der Waals surface area contributed by atoms with Gasteiger partial charge in [-0.25, -0.2) is 4.98 Å². The van der Waals surface area contributed by atoms with Crippen molar-refractivity contribution in [2.75, 3.05) is 37.6 Å². The van der Waals surface area contributed by atoms with Crippen LogP contribution in [0.15, 0.2) is 0 Å². The summed E-state index contributed by atoms with van der Waals surface area (Å²) < 4.78 is 0. The maximum Gasteiger partial charge on any atom is 0.185 e. The molecule has 2 heterocycles. The highest BCUT2D eigenvalue weighted by molar-refractivity contribution is 7.15. The van der Waals surface area contributed by atoms with Gasteiger partial charge in [0.1, 0.15) is 0 Å². The van der Waals surface area contributed by atoms with E-state index in [1.165, 1.54) is 22.1 Å². The van der Waals surface area contributed by atoms with Gasteiger partial charge in [-0.15, -0.1) is 11.3 Å². The fourth-order valence-corrected chi connectivity index (χ4v) is 3.90. The van der Waals surface area contributed by atoms with Crippen LogP contribution in [0.5, 0.6) is 0 Å². The Morgan fingerprint density at radius 1 is 1.19 bits per heavy atom. The molecule has 0 aliphatic carbocycles. The van der Waals surface area contributed by atoms with Gasteiger partial charge in [0, 0.05) is 43.6 Å². The SMILES string of the molecule is CCCNCc1sc(N2CCN(C(C)C)CC2)nc1CC. The first-order valence-corrected chi connectivity index (χ1v) is 9.15. The number of anilines is 1. The molecule has 2 rings (SSSR count). The molecule has 0 amide bonds. The lowest BCUT2D eigenvalue weighted by Crippen LogP contribution is -2.48. The fourth-order valence-electron chi connectivity index (χ4n) is 2.73. The van der Waals surface area contributed by atoms with Crippen molar-refractivity contribution in [1.82, 2.24) is 15.2 Å². The lowest BCUT2D eigenvalue weighted by atomic mass is 10.2. The summed E-state index contributed by atoms with van der Waals surface area (Å²) in [6.45, 7) is 15.6. The monoisotopic (exact) mass is 310 g/mol. The summed E-state index contributed by atoms with van der Waals surface area (Å²) in [5, 5.41) is 4.73. The van der Waals surface area contributed by atoms with Gasteiger partial charge in [0.2, 0.25) is 0 Å². The van der Waals surface area contributed by atoms with Crippen LogP contribution >= 0.6 is 11.3 Å². The van der Waals surface area contributed by atoms with Crippen molar-refractivity contribution in [3.05, 3.63) is 10.6 Å². The van der Waals surface area contributed by atoms with E-state index in [0.717, 1.165) is 45.7 Å². The maximum atomic E-state index is 4.89. The lowest BCUT2D eigenvalue weighted by Gasteiger charge is -2.36. The number of rotatable bonds is 7. The Morgan fingerprint density at radius 3 is 2.48 bits per heavy atom. The standard InChI is InChI=1S/C16H30N4S/c1-5-7-17-12-15-14(6-2)18-16(21-15)20-10-8-19(9-11-20)13(3)4/h13,17H,5-12H2,1-4H3. The number of nitrogens with one attached hydrogen (secondary N) is 1. The van der Waals surface area contributed by atoms with Crippen LogP contribution in [-0.4, -0.2) is 48.6 Å². The van der Waals surface area contributed by atoms with E-state index < -0.39 is 0 Å². The molecular weight excluding hydrogens is 280 g/mol. The minimum atomic E-state index is 0.656. The molecule has 0 radical (unpaired) electrons. The van der Waals surface area contributed by atoms with E-state index in [1.807, 2.05) is 11.3 Å². The molecule has 4 nitrogen and oxygen atoms in total. The van der Waals surface area contributed by atoms with Gasteiger partial charge in [0.25, 0.3) is 0 Å². The van der Waals surface area contributed by atoms with Gasteiger partial charge in [-0.2, -0.15) is 0 Å². The highest BCUT2D eigenvalue weighted by atomic mass is 32.1. The first kappa shape index (κ1) is 16.7. The van der Waals surface area contributed by atoms with E-state index in [-0.39, 0.29) is 0 Å². The summed E-state index contributed by atoms with van der Waals surface area (Å²) >= 11 is 1.88. The summed E-state index contributed by atoms with van der Waals surface area (Å²) in [5.41, 5.74) is 1.28. The minimum absolute atomic E-state index is 0.656. The average molecular weight is 311 g/mol. The summed E-state index contributed by atoms with van der Waals surface area (Å²) in [5.74, 6) is 0. The highest BCUT2D eigenvalue weighted by Gasteiger charge is 2.22. The van der Waals surface area contributed by atoms with Crippen molar-refractivity contribution in [2.24, 2.45) is 0 Å². The van der Waals surface area contributed by atoms with E-state index in [0.29, 0.717) is 6.04 Å². The van der Waals surface area contributed by atoms with Gasteiger partial charge < -0.3 is 10.2 Å². The molecule has 1 aromatic rings. The van der Waals surface area contributed by atoms with Crippen LogP contribution in [0.3, 0.4) is 0 Å². The molecule has 21 heavy (non-hydrogen) atoms. The van der Waals surface area contributed by atoms with Gasteiger partial charge in [0.05, 0.1) is 5.69 Å². The molecule has 0 bridgehead atoms. The van der Waals surface area contributed by atoms with E-state index >= 15 is 0 Å². The number of hydrogen-bond donors (Lipinski definition) is 1. The highest BCUT2D eigenvalue weighted by Crippen LogP contribution is 2.27. The van der Waals surface area contributed by atoms with E-state index in [2.05, 4.69) is 42.8 Å². The van der Waals surface area contributed by atoms with Crippen LogP contribution < -0.4 is 10.2 Å². The molecular formula is C16H30N4S. The minimum Gasteiger partial charge on any atom is -0.346 e. The Hall–Kier alpha value is -0.650. The molecule has 120 valence electrons. The largest absolute Gasteiger partial charge is 0.346 e. The molecule has 0 unspecified atom stereocenters. The molecule has 0 saturated carbocycles. The molecule has 1 fully saturated rings. The normalized spacial score (nSPS) is 16.9. The maximum absolute atomic E-state index is 4.89. The number of piperazine rings is 1. The van der Waals surface area contributed by atoms with Gasteiger partial charge in [0.15, 0.2) is 5.13 Å². The predicted molar refractivity (Wildman–Crippen MR) is 92.4 cm³/mol. The van der Waals surface area contributed by atoms with Crippen LogP contribution in [0.1, 0.15) is 44.7 Å². The summed E-state index contributed by atoms with van der Waals surface area (Å²) in [7, 11) is 0. The molecule has 1 N–H and O–H groups in total. The van der Waals surface area contributed by atoms with Gasteiger partial charge in [-0.3, -0.25) is 4.90 Å². The summed E-state index contributed by atoms with van der Waals surface area (Å²) in [4.78, 5) is 11.3. The Bertz CT molecular complexity index is 422. The van der Waals surface area contributed by atoms with E-state index in [1.54, 1.807) is 0 Å². The lowest BCUT2D eigenvalue weighted by molar-refractivity contribution is 0.209. The van der Waals surface area contributed by atoms with E-state index in [4.69, 9.17) is 4.98 Å². The molecule has 0 spiro atoms. The molecule has 0 aromatic carbocycles. The van der Waals surface area contributed by atoms with Crippen LogP contribution in [-0.2, 0) is 13.0 Å². The van der Waals surface area contributed by atoms with Crippen molar-refractivity contribution >= 4 is 16.5 Å². The number of thiazole rings is 1. The third-order valence-electron chi connectivity index (χ3n) is 4.13. The van der Waals surface area contributed by atoms with Crippen LogP contribution in [0.25, 0.3) is 0 Å². The Labute approximate surface area is 133 Å². The molecule has 5 heteroatoms.